The molecule has 2 rings (SSSR count). The van der Waals surface area contributed by atoms with Crippen LogP contribution in [0.25, 0.3) is 0 Å². The summed E-state index contributed by atoms with van der Waals surface area (Å²) in [6, 6.07) is 0.649. The van der Waals surface area contributed by atoms with Crippen molar-refractivity contribution in [3.8, 4) is 0 Å². The van der Waals surface area contributed by atoms with E-state index in [1.807, 2.05) is 11.3 Å². The summed E-state index contributed by atoms with van der Waals surface area (Å²) in [6.07, 6.45) is 1.25. The van der Waals surface area contributed by atoms with Crippen molar-refractivity contribution >= 4 is 11.3 Å². The number of hydrogen-bond acceptors (Lipinski definition) is 4. The van der Waals surface area contributed by atoms with Crippen LogP contribution in [0.4, 0.5) is 0 Å². The van der Waals surface area contributed by atoms with Crippen LogP contribution < -0.4 is 5.32 Å². The minimum atomic E-state index is 0.649. The lowest BCUT2D eigenvalue weighted by Gasteiger charge is -2.35. The molecule has 4 heteroatoms. The maximum absolute atomic E-state index is 4.58. The molecule has 3 nitrogen and oxygen atoms in total. The minimum Gasteiger partial charge on any atom is -0.307 e. The number of aryl methyl sites for hydroxylation is 2. The number of aromatic nitrogens is 1. The van der Waals surface area contributed by atoms with Crippen molar-refractivity contribution in [2.24, 2.45) is 5.92 Å². The van der Waals surface area contributed by atoms with Crippen LogP contribution in [-0.2, 0) is 6.54 Å². The molecule has 2 heterocycles. The van der Waals surface area contributed by atoms with E-state index in [1.54, 1.807) is 0 Å². The van der Waals surface area contributed by atoms with Crippen LogP contribution in [0.15, 0.2) is 0 Å². The molecule has 0 spiro atoms. The lowest BCUT2D eigenvalue weighted by atomic mass is 9.94. The zero-order valence-corrected chi connectivity index (χ0v) is 12.1. The van der Waals surface area contributed by atoms with Gasteiger partial charge < -0.3 is 10.2 Å². The molecule has 1 aliphatic heterocycles. The Morgan fingerprint density at radius 2 is 2.24 bits per heavy atom. The number of likely N-dealkylation sites (tertiary alicyclic amines) is 1. The van der Waals surface area contributed by atoms with Crippen molar-refractivity contribution in [3.05, 3.63) is 15.6 Å². The predicted octanol–water partition coefficient (Wildman–Crippen LogP) is 2.19. The predicted molar refractivity (Wildman–Crippen MR) is 73.5 cm³/mol. The Morgan fingerprint density at radius 3 is 2.82 bits per heavy atom. The maximum atomic E-state index is 4.58. The van der Waals surface area contributed by atoms with Crippen molar-refractivity contribution < 1.29 is 0 Å². The first-order chi connectivity index (χ1) is 8.06. The van der Waals surface area contributed by atoms with Crippen LogP contribution >= 0.6 is 11.3 Å². The summed E-state index contributed by atoms with van der Waals surface area (Å²) in [7, 11) is 2.21. The molecule has 0 saturated carbocycles. The molecule has 0 bridgehead atoms. The largest absolute Gasteiger partial charge is 0.307 e. The zero-order chi connectivity index (χ0) is 12.4. The van der Waals surface area contributed by atoms with Crippen LogP contribution in [0.2, 0.25) is 0 Å². The molecule has 1 aliphatic rings. The molecule has 1 fully saturated rings. The lowest BCUT2D eigenvalue weighted by Crippen LogP contribution is -2.46. The van der Waals surface area contributed by atoms with Gasteiger partial charge in [0.2, 0.25) is 0 Å². The van der Waals surface area contributed by atoms with Gasteiger partial charge in [0, 0.05) is 24.0 Å². The molecule has 96 valence electrons. The number of hydrogen-bond donors (Lipinski definition) is 1. The highest BCUT2D eigenvalue weighted by atomic mass is 32.1. The minimum absolute atomic E-state index is 0.649. The molecule has 1 saturated heterocycles. The Kier molecular flexibility index (Phi) is 4.17. The Labute approximate surface area is 108 Å². The fourth-order valence-corrected chi connectivity index (χ4v) is 3.38. The van der Waals surface area contributed by atoms with Gasteiger partial charge in [-0.15, -0.1) is 11.3 Å². The molecule has 0 amide bonds. The highest BCUT2D eigenvalue weighted by molar-refractivity contribution is 7.11. The average Bonchev–Trinajstić information content (AvgIpc) is 2.57. The van der Waals surface area contributed by atoms with E-state index in [0.717, 1.165) is 12.5 Å². The molecule has 1 aromatic heterocycles. The normalized spacial score (nSPS) is 26.4. The first kappa shape index (κ1) is 13.0. The molecule has 2 unspecified atom stereocenters. The van der Waals surface area contributed by atoms with Gasteiger partial charge in [-0.3, -0.25) is 0 Å². The molecular weight excluding hydrogens is 230 g/mol. The van der Waals surface area contributed by atoms with E-state index in [4.69, 9.17) is 0 Å². The molecule has 17 heavy (non-hydrogen) atoms. The van der Waals surface area contributed by atoms with Gasteiger partial charge in [0.25, 0.3) is 0 Å². The van der Waals surface area contributed by atoms with Crippen LogP contribution in [0.5, 0.6) is 0 Å². The van der Waals surface area contributed by atoms with Gasteiger partial charge in [0.1, 0.15) is 5.01 Å². The van der Waals surface area contributed by atoms with E-state index in [1.165, 1.54) is 35.1 Å². The number of thiazole rings is 1. The Bertz CT molecular complexity index is 355. The highest BCUT2D eigenvalue weighted by Crippen LogP contribution is 2.19. The fourth-order valence-electron chi connectivity index (χ4n) is 2.49. The quantitative estimate of drug-likeness (QED) is 0.895. The van der Waals surface area contributed by atoms with Crippen molar-refractivity contribution in [1.29, 1.82) is 0 Å². The third-order valence-corrected chi connectivity index (χ3v) is 4.77. The van der Waals surface area contributed by atoms with Crippen LogP contribution in [0.1, 0.15) is 28.9 Å². The molecule has 1 aromatic rings. The van der Waals surface area contributed by atoms with E-state index in [0.29, 0.717) is 6.04 Å². The number of piperidine rings is 1. The van der Waals surface area contributed by atoms with Gasteiger partial charge in [-0.25, -0.2) is 4.98 Å². The third kappa shape index (κ3) is 3.27. The van der Waals surface area contributed by atoms with Crippen LogP contribution in [0.3, 0.4) is 0 Å². The van der Waals surface area contributed by atoms with Gasteiger partial charge in [0.15, 0.2) is 0 Å². The van der Waals surface area contributed by atoms with E-state index in [9.17, 15) is 0 Å². The summed E-state index contributed by atoms with van der Waals surface area (Å²) in [4.78, 5) is 8.34. The molecular formula is C13H23N3S. The Hall–Kier alpha value is -0.450. The summed E-state index contributed by atoms with van der Waals surface area (Å²) in [5.74, 6) is 0.732. The van der Waals surface area contributed by atoms with E-state index >= 15 is 0 Å². The SMILES string of the molecule is Cc1nc(CNC2CCN(C)CC2C)sc1C. The van der Waals surface area contributed by atoms with Gasteiger partial charge in [-0.1, -0.05) is 6.92 Å². The summed E-state index contributed by atoms with van der Waals surface area (Å²) in [5.41, 5.74) is 1.18. The second-order valence-corrected chi connectivity index (χ2v) is 6.55. The van der Waals surface area contributed by atoms with Crippen LogP contribution in [-0.4, -0.2) is 36.1 Å². The molecule has 0 aliphatic carbocycles. The molecule has 0 aromatic carbocycles. The summed E-state index contributed by atoms with van der Waals surface area (Å²) < 4.78 is 0. The number of rotatable bonds is 3. The van der Waals surface area contributed by atoms with Crippen molar-refractivity contribution in [2.75, 3.05) is 20.1 Å². The highest BCUT2D eigenvalue weighted by Gasteiger charge is 2.23. The van der Waals surface area contributed by atoms with Gasteiger partial charge in [-0.2, -0.15) is 0 Å². The van der Waals surface area contributed by atoms with E-state index in [-0.39, 0.29) is 0 Å². The van der Waals surface area contributed by atoms with Crippen molar-refractivity contribution in [1.82, 2.24) is 15.2 Å². The number of nitrogens with one attached hydrogen (secondary N) is 1. The second kappa shape index (κ2) is 5.46. The average molecular weight is 253 g/mol. The Balaban J connectivity index is 1.85. The van der Waals surface area contributed by atoms with Gasteiger partial charge in [-0.05, 0) is 39.8 Å². The van der Waals surface area contributed by atoms with E-state index < -0.39 is 0 Å². The molecule has 0 radical (unpaired) electrons. The first-order valence-corrected chi connectivity index (χ1v) is 7.22. The Morgan fingerprint density at radius 1 is 1.47 bits per heavy atom. The summed E-state index contributed by atoms with van der Waals surface area (Å²) in [5, 5.41) is 4.90. The smallest absolute Gasteiger partial charge is 0.107 e. The summed E-state index contributed by atoms with van der Waals surface area (Å²) in [6.45, 7) is 9.91. The van der Waals surface area contributed by atoms with Gasteiger partial charge in [0.05, 0.1) is 5.69 Å². The molecule has 2 atom stereocenters. The summed E-state index contributed by atoms with van der Waals surface area (Å²) >= 11 is 1.82. The lowest BCUT2D eigenvalue weighted by molar-refractivity contribution is 0.174. The topological polar surface area (TPSA) is 28.2 Å². The second-order valence-electron chi connectivity index (χ2n) is 5.26. The maximum Gasteiger partial charge on any atom is 0.107 e. The van der Waals surface area contributed by atoms with E-state index in [2.05, 4.69) is 43.0 Å². The third-order valence-electron chi connectivity index (χ3n) is 3.70. The standard InChI is InChI=1S/C13H23N3S/c1-9-8-16(4)6-5-12(9)14-7-13-15-10(2)11(3)17-13/h9,12,14H,5-8H2,1-4H3. The fraction of sp³-hybridized carbons (Fsp3) is 0.769. The van der Waals surface area contributed by atoms with Crippen molar-refractivity contribution in [3.63, 3.8) is 0 Å². The van der Waals surface area contributed by atoms with Gasteiger partial charge >= 0.3 is 0 Å². The number of nitrogens with zero attached hydrogens (tertiary/aromatic N) is 2. The van der Waals surface area contributed by atoms with Crippen LogP contribution in [0, 0.1) is 19.8 Å². The first-order valence-electron chi connectivity index (χ1n) is 6.41. The van der Waals surface area contributed by atoms with Crippen molar-refractivity contribution in [2.45, 2.75) is 39.8 Å². The zero-order valence-electron chi connectivity index (χ0n) is 11.3. The monoisotopic (exact) mass is 253 g/mol. The molecule has 1 N–H and O–H groups in total.